The first kappa shape index (κ1) is 23.2. The molecule has 0 fully saturated rings. The number of nitrogens with zero attached hydrogens (tertiary/aromatic N) is 3. The summed E-state index contributed by atoms with van der Waals surface area (Å²) in [5.41, 5.74) is 8.38. The van der Waals surface area contributed by atoms with Gasteiger partial charge in [0, 0.05) is 17.1 Å². The number of aliphatic hydroxyl groups excluding tert-OH is 1. The number of nitrogens with two attached hydrogens (primary N) is 2. The molecule has 1 aliphatic carbocycles. The summed E-state index contributed by atoms with van der Waals surface area (Å²) in [4.78, 5) is 0. The third-order valence-corrected chi connectivity index (χ3v) is 4.85. The number of hydrogen-bond donors (Lipinski definition) is 4. The lowest BCUT2D eigenvalue weighted by Gasteiger charge is -2.23. The Kier molecular flexibility index (Phi) is 8.62. The van der Waals surface area contributed by atoms with Crippen molar-refractivity contribution < 1.29 is 14.9 Å². The van der Waals surface area contributed by atoms with Crippen LogP contribution in [-0.4, -0.2) is 29.1 Å². The Morgan fingerprint density at radius 3 is 2.73 bits per heavy atom. The fourth-order valence-corrected chi connectivity index (χ4v) is 3.32. The van der Waals surface area contributed by atoms with Gasteiger partial charge in [-0.15, -0.1) is 0 Å². The van der Waals surface area contributed by atoms with Gasteiger partial charge in [0.25, 0.3) is 0 Å². The minimum Gasteiger partial charge on any atom is -0.505 e. The molecule has 0 saturated carbocycles. The van der Waals surface area contributed by atoms with E-state index in [0.717, 1.165) is 17.1 Å². The third-order valence-electron chi connectivity index (χ3n) is 4.85. The van der Waals surface area contributed by atoms with Crippen LogP contribution in [0.5, 0.6) is 5.75 Å². The highest BCUT2D eigenvalue weighted by molar-refractivity contribution is 6.00. The van der Waals surface area contributed by atoms with Crippen LogP contribution in [0.15, 0.2) is 47.2 Å². The van der Waals surface area contributed by atoms with E-state index in [1.807, 2.05) is 19.9 Å². The van der Waals surface area contributed by atoms with Crippen LogP contribution in [0.2, 0.25) is 0 Å². The maximum atomic E-state index is 10.9. The second-order valence-corrected chi connectivity index (χ2v) is 6.74. The second-order valence-electron chi connectivity index (χ2n) is 6.74. The van der Waals surface area contributed by atoms with Crippen molar-refractivity contribution in [1.29, 1.82) is 5.26 Å². The van der Waals surface area contributed by atoms with Gasteiger partial charge in [0.2, 0.25) is 0 Å². The van der Waals surface area contributed by atoms with E-state index in [-0.39, 0.29) is 31.0 Å². The van der Waals surface area contributed by atoms with E-state index in [9.17, 15) is 5.11 Å². The number of allylic oxidation sites excluding steroid dienone is 4. The zero-order valence-corrected chi connectivity index (χ0v) is 17.3. The average molecular weight is 412 g/mol. The van der Waals surface area contributed by atoms with Gasteiger partial charge in [-0.1, -0.05) is 26.0 Å². The summed E-state index contributed by atoms with van der Waals surface area (Å²) in [7, 11) is 0. The number of hydrazone groups is 1. The van der Waals surface area contributed by atoms with Gasteiger partial charge in [0.1, 0.15) is 11.4 Å². The zero-order valence-electron chi connectivity index (χ0n) is 17.3. The van der Waals surface area contributed by atoms with Gasteiger partial charge in [-0.25, -0.2) is 5.84 Å². The maximum Gasteiger partial charge on any atom is 0.150 e. The Morgan fingerprint density at radius 2 is 2.13 bits per heavy atom. The summed E-state index contributed by atoms with van der Waals surface area (Å²) in [6.07, 6.45) is 9.30. The van der Waals surface area contributed by atoms with Crippen LogP contribution >= 0.6 is 0 Å². The van der Waals surface area contributed by atoms with Gasteiger partial charge in [-0.05, 0) is 48.9 Å². The van der Waals surface area contributed by atoms with Crippen LogP contribution in [0.1, 0.15) is 43.9 Å². The number of anilines is 1. The topological polar surface area (TPSA) is 141 Å². The summed E-state index contributed by atoms with van der Waals surface area (Å²) < 4.78 is 5.69. The number of hydrazine groups is 1. The van der Waals surface area contributed by atoms with Crippen LogP contribution in [0.4, 0.5) is 5.69 Å². The Hall–Kier alpha value is -3.12. The van der Waals surface area contributed by atoms with E-state index in [1.54, 1.807) is 30.4 Å². The molecule has 0 bridgehead atoms. The quantitative estimate of drug-likeness (QED) is 0.361. The number of phenols is 1. The van der Waals surface area contributed by atoms with Crippen molar-refractivity contribution in [2.75, 3.05) is 18.3 Å². The minimum atomic E-state index is -0.318. The predicted molar refractivity (Wildman–Crippen MR) is 118 cm³/mol. The van der Waals surface area contributed by atoms with E-state index in [0.29, 0.717) is 29.0 Å². The number of aliphatic hydroxyl groups is 1. The van der Waals surface area contributed by atoms with Crippen molar-refractivity contribution in [2.45, 2.75) is 32.8 Å². The molecule has 1 aromatic carbocycles. The Bertz CT molecular complexity index is 899. The molecule has 2 unspecified atom stereocenters. The van der Waals surface area contributed by atoms with Crippen LogP contribution in [0.3, 0.4) is 0 Å². The van der Waals surface area contributed by atoms with E-state index in [1.165, 1.54) is 6.20 Å². The van der Waals surface area contributed by atoms with Crippen LogP contribution < -0.4 is 16.7 Å². The molecular weight excluding hydrogens is 382 g/mol. The number of rotatable bonds is 9. The summed E-state index contributed by atoms with van der Waals surface area (Å²) in [5, 5.41) is 34.6. The van der Waals surface area contributed by atoms with E-state index in [4.69, 9.17) is 26.7 Å². The highest BCUT2D eigenvalue weighted by Gasteiger charge is 2.21. The van der Waals surface area contributed by atoms with Crippen LogP contribution in [0, 0.1) is 17.2 Å². The standard InChI is InChI=1S/C22H29N5O3/c1-3-16-13-15(14-24)5-7-19(16)26-27(25)20-8-6-17(18(9-10-23)22(20)29)21(4-2)30-12-11-28/h5-10,13,16,21,28-29H,3-4,11-12,23,25H2,1-2H3/b10-9-,26-19-. The fraction of sp³-hybridized carbons (Fsp3) is 0.364. The summed E-state index contributed by atoms with van der Waals surface area (Å²) in [5.74, 6) is 6.04. The largest absolute Gasteiger partial charge is 0.505 e. The first-order chi connectivity index (χ1) is 14.5. The Labute approximate surface area is 177 Å². The second kappa shape index (κ2) is 11.2. The van der Waals surface area contributed by atoms with Crippen molar-refractivity contribution >= 4 is 17.5 Å². The van der Waals surface area contributed by atoms with Crippen LogP contribution in [-0.2, 0) is 4.74 Å². The molecule has 2 atom stereocenters. The molecular formula is C22H29N5O3. The highest BCUT2D eigenvalue weighted by atomic mass is 16.5. The number of aromatic hydroxyl groups is 1. The first-order valence-corrected chi connectivity index (χ1v) is 9.90. The molecule has 1 aromatic rings. The smallest absolute Gasteiger partial charge is 0.150 e. The lowest BCUT2D eigenvalue weighted by atomic mass is 9.92. The van der Waals surface area contributed by atoms with Crippen molar-refractivity contribution in [1.82, 2.24) is 0 Å². The van der Waals surface area contributed by atoms with Gasteiger partial charge in [0.05, 0.1) is 31.1 Å². The lowest BCUT2D eigenvalue weighted by molar-refractivity contribution is 0.0255. The molecule has 0 heterocycles. The van der Waals surface area contributed by atoms with E-state index < -0.39 is 0 Å². The first-order valence-electron chi connectivity index (χ1n) is 9.90. The van der Waals surface area contributed by atoms with E-state index in [2.05, 4.69) is 11.2 Å². The molecule has 0 radical (unpaired) electrons. The SMILES string of the molecule is CCC1C=C(C#N)C=C/C1=N/N(N)c1ccc(C(CC)OCCO)c(/C=C\N)c1O. The fourth-order valence-electron chi connectivity index (χ4n) is 3.32. The molecule has 1 aliphatic rings. The Balaban J connectivity index is 2.42. The van der Waals surface area contributed by atoms with Crippen molar-refractivity contribution in [3.05, 3.63) is 53.3 Å². The van der Waals surface area contributed by atoms with Gasteiger partial charge >= 0.3 is 0 Å². The van der Waals surface area contributed by atoms with Crippen molar-refractivity contribution in [2.24, 2.45) is 22.6 Å². The molecule has 0 saturated heterocycles. The number of benzene rings is 1. The van der Waals surface area contributed by atoms with Crippen molar-refractivity contribution in [3.63, 3.8) is 0 Å². The predicted octanol–water partition coefficient (Wildman–Crippen LogP) is 2.86. The van der Waals surface area contributed by atoms with E-state index >= 15 is 0 Å². The lowest BCUT2D eigenvalue weighted by Crippen LogP contribution is -2.28. The number of phenolic OH excluding ortho intramolecular Hbond substituents is 1. The normalized spacial score (nSPS) is 18.4. The molecule has 2 rings (SSSR count). The number of hydrogen-bond acceptors (Lipinski definition) is 8. The third kappa shape index (κ3) is 5.27. The minimum absolute atomic E-state index is 0.0446. The molecule has 160 valence electrons. The van der Waals surface area contributed by atoms with Gasteiger partial charge in [-0.3, -0.25) is 0 Å². The molecule has 6 N–H and O–H groups in total. The molecule has 8 nitrogen and oxygen atoms in total. The molecule has 8 heteroatoms. The highest BCUT2D eigenvalue weighted by Crippen LogP contribution is 2.38. The summed E-state index contributed by atoms with van der Waals surface area (Å²) >= 11 is 0. The molecule has 0 aliphatic heterocycles. The monoisotopic (exact) mass is 411 g/mol. The molecule has 0 aromatic heterocycles. The molecule has 0 spiro atoms. The molecule has 30 heavy (non-hydrogen) atoms. The van der Waals surface area contributed by atoms with Gasteiger partial charge in [0.15, 0.2) is 0 Å². The van der Waals surface area contributed by atoms with Crippen molar-refractivity contribution in [3.8, 4) is 11.8 Å². The number of nitriles is 1. The Morgan fingerprint density at radius 1 is 1.37 bits per heavy atom. The average Bonchev–Trinajstić information content (AvgIpc) is 2.76. The van der Waals surface area contributed by atoms with Gasteiger partial charge < -0.3 is 20.7 Å². The number of ether oxygens (including phenoxy) is 1. The zero-order chi connectivity index (χ0) is 22.1. The molecule has 0 amide bonds. The summed E-state index contributed by atoms with van der Waals surface area (Å²) in [6.45, 7) is 4.05. The summed E-state index contributed by atoms with van der Waals surface area (Å²) in [6, 6.07) is 5.60. The maximum absolute atomic E-state index is 10.9. The van der Waals surface area contributed by atoms with Crippen LogP contribution in [0.25, 0.3) is 6.08 Å². The van der Waals surface area contributed by atoms with Gasteiger partial charge in [-0.2, -0.15) is 15.5 Å².